The standard InChI is InChI=1S/C24H37N3O5S/c1-4-32-24(30)21-18-7-6-16(2)14-19(18)33-23(21)26-20(28)15-27-11-8-17(9-12-27)22(29)25-10-5-13-31-3/h16-17H,4-15H2,1-3H3,(H,25,29)(H,26,28). The molecular weight excluding hydrogens is 442 g/mol. The number of rotatable bonds is 10. The fourth-order valence-electron chi connectivity index (χ4n) is 4.55. The second-order valence-corrected chi connectivity index (χ2v) is 10.1. The summed E-state index contributed by atoms with van der Waals surface area (Å²) in [6.07, 6.45) is 5.10. The number of esters is 1. The van der Waals surface area contributed by atoms with Gasteiger partial charge in [-0.2, -0.15) is 0 Å². The largest absolute Gasteiger partial charge is 0.462 e. The maximum atomic E-state index is 12.8. The van der Waals surface area contributed by atoms with Crippen LogP contribution in [0.3, 0.4) is 0 Å². The van der Waals surface area contributed by atoms with Crippen LogP contribution in [0.5, 0.6) is 0 Å². The lowest BCUT2D eigenvalue weighted by atomic mass is 9.88. The second kappa shape index (κ2) is 12.5. The Balaban J connectivity index is 1.53. The molecule has 3 rings (SSSR count). The molecule has 1 unspecified atom stereocenters. The first-order valence-corrected chi connectivity index (χ1v) is 12.8. The lowest BCUT2D eigenvalue weighted by Gasteiger charge is -2.30. The Morgan fingerprint density at radius 3 is 2.64 bits per heavy atom. The van der Waals surface area contributed by atoms with Crippen LogP contribution in [0.4, 0.5) is 5.00 Å². The number of anilines is 1. The van der Waals surface area contributed by atoms with Gasteiger partial charge in [0.1, 0.15) is 5.00 Å². The van der Waals surface area contributed by atoms with E-state index in [1.807, 2.05) is 0 Å². The number of hydrogen-bond donors (Lipinski definition) is 2. The first kappa shape index (κ1) is 25.6. The maximum Gasteiger partial charge on any atom is 0.341 e. The topological polar surface area (TPSA) is 97.0 Å². The molecule has 2 aliphatic rings. The number of piperidine rings is 1. The molecule has 2 heterocycles. The molecule has 0 spiro atoms. The van der Waals surface area contributed by atoms with Crippen LogP contribution in [-0.2, 0) is 31.9 Å². The van der Waals surface area contributed by atoms with Crippen LogP contribution in [0.1, 0.15) is 60.3 Å². The van der Waals surface area contributed by atoms with Gasteiger partial charge in [-0.3, -0.25) is 14.5 Å². The molecule has 33 heavy (non-hydrogen) atoms. The summed E-state index contributed by atoms with van der Waals surface area (Å²) in [6.45, 7) is 7.24. The molecule has 1 fully saturated rings. The predicted molar refractivity (Wildman–Crippen MR) is 129 cm³/mol. The Hall–Kier alpha value is -1.97. The van der Waals surface area contributed by atoms with Gasteiger partial charge in [0.2, 0.25) is 11.8 Å². The number of nitrogens with zero attached hydrogens (tertiary/aromatic N) is 1. The average Bonchev–Trinajstić information content (AvgIpc) is 3.13. The average molecular weight is 480 g/mol. The summed E-state index contributed by atoms with van der Waals surface area (Å²) < 4.78 is 10.3. The van der Waals surface area contributed by atoms with Crippen LogP contribution in [0, 0.1) is 11.8 Å². The van der Waals surface area contributed by atoms with Gasteiger partial charge >= 0.3 is 5.97 Å². The van der Waals surface area contributed by atoms with Crippen molar-refractivity contribution in [3.05, 3.63) is 16.0 Å². The molecule has 0 radical (unpaired) electrons. The highest BCUT2D eigenvalue weighted by Gasteiger charge is 2.30. The number of fused-ring (bicyclic) bond motifs is 1. The molecule has 1 atom stereocenters. The van der Waals surface area contributed by atoms with Gasteiger partial charge in [-0.1, -0.05) is 6.92 Å². The van der Waals surface area contributed by atoms with Gasteiger partial charge in [0.05, 0.1) is 18.7 Å². The summed E-state index contributed by atoms with van der Waals surface area (Å²) >= 11 is 1.51. The van der Waals surface area contributed by atoms with E-state index in [9.17, 15) is 14.4 Å². The molecule has 1 aromatic heterocycles. The molecule has 0 aromatic carbocycles. The lowest BCUT2D eigenvalue weighted by molar-refractivity contribution is -0.126. The van der Waals surface area contributed by atoms with E-state index in [0.29, 0.717) is 49.3 Å². The summed E-state index contributed by atoms with van der Waals surface area (Å²) in [4.78, 5) is 41.0. The smallest absolute Gasteiger partial charge is 0.341 e. The van der Waals surface area contributed by atoms with Crippen molar-refractivity contribution in [1.82, 2.24) is 10.2 Å². The van der Waals surface area contributed by atoms with Gasteiger partial charge in [0.25, 0.3) is 0 Å². The van der Waals surface area contributed by atoms with E-state index in [4.69, 9.17) is 9.47 Å². The Bertz CT molecular complexity index is 832. The van der Waals surface area contributed by atoms with Crippen LogP contribution in [0.2, 0.25) is 0 Å². The van der Waals surface area contributed by atoms with Crippen molar-refractivity contribution in [3.8, 4) is 0 Å². The van der Waals surface area contributed by atoms with Crippen LogP contribution in [0.15, 0.2) is 0 Å². The fourth-order valence-corrected chi connectivity index (χ4v) is 5.97. The molecule has 2 N–H and O–H groups in total. The van der Waals surface area contributed by atoms with Gasteiger partial charge in [0.15, 0.2) is 0 Å². The zero-order valence-electron chi connectivity index (χ0n) is 20.0. The first-order chi connectivity index (χ1) is 15.9. The van der Waals surface area contributed by atoms with Crippen molar-refractivity contribution >= 4 is 34.1 Å². The molecular formula is C24H37N3O5S. The Kier molecular flexibility index (Phi) is 9.70. The number of methoxy groups -OCH3 is 1. The van der Waals surface area contributed by atoms with Gasteiger partial charge in [0, 0.05) is 31.1 Å². The zero-order chi connectivity index (χ0) is 23.8. The minimum atomic E-state index is -0.350. The molecule has 184 valence electrons. The van der Waals surface area contributed by atoms with E-state index in [1.165, 1.54) is 16.2 Å². The monoisotopic (exact) mass is 479 g/mol. The Labute approximate surface area is 200 Å². The van der Waals surface area contributed by atoms with Gasteiger partial charge in [-0.25, -0.2) is 4.79 Å². The number of carbonyl (C=O) groups excluding carboxylic acids is 3. The maximum absolute atomic E-state index is 12.8. The molecule has 0 bridgehead atoms. The molecule has 9 heteroatoms. The molecule has 0 saturated carbocycles. The highest BCUT2D eigenvalue weighted by atomic mass is 32.1. The van der Waals surface area contributed by atoms with Gasteiger partial charge in [-0.15, -0.1) is 11.3 Å². The highest BCUT2D eigenvalue weighted by Crippen LogP contribution is 2.40. The molecule has 1 aliphatic heterocycles. The van der Waals surface area contributed by atoms with E-state index in [0.717, 1.165) is 44.1 Å². The number of thiophene rings is 1. The zero-order valence-corrected chi connectivity index (χ0v) is 20.9. The minimum Gasteiger partial charge on any atom is -0.462 e. The summed E-state index contributed by atoms with van der Waals surface area (Å²) in [6, 6.07) is 0. The second-order valence-electron chi connectivity index (χ2n) is 9.01. The van der Waals surface area contributed by atoms with Crippen LogP contribution >= 0.6 is 11.3 Å². The van der Waals surface area contributed by atoms with Crippen molar-refractivity contribution in [1.29, 1.82) is 0 Å². The number of nitrogens with one attached hydrogen (secondary N) is 2. The van der Waals surface area contributed by atoms with Crippen molar-refractivity contribution in [2.75, 3.05) is 51.8 Å². The molecule has 1 aliphatic carbocycles. The van der Waals surface area contributed by atoms with E-state index in [2.05, 4.69) is 22.5 Å². The fraction of sp³-hybridized carbons (Fsp3) is 0.708. The Morgan fingerprint density at radius 2 is 1.94 bits per heavy atom. The van der Waals surface area contributed by atoms with Crippen LogP contribution in [-0.4, -0.2) is 69.2 Å². The van der Waals surface area contributed by atoms with Crippen molar-refractivity contribution < 1.29 is 23.9 Å². The quantitative estimate of drug-likeness (QED) is 0.396. The number of likely N-dealkylation sites (tertiary alicyclic amines) is 1. The summed E-state index contributed by atoms with van der Waals surface area (Å²) in [5.41, 5.74) is 1.59. The summed E-state index contributed by atoms with van der Waals surface area (Å²) in [7, 11) is 1.65. The van der Waals surface area contributed by atoms with E-state index in [-0.39, 0.29) is 30.2 Å². The summed E-state index contributed by atoms with van der Waals surface area (Å²) in [5.74, 6) is 0.182. The molecule has 1 saturated heterocycles. The van der Waals surface area contributed by atoms with E-state index < -0.39 is 0 Å². The number of ether oxygens (including phenoxy) is 2. The third-order valence-electron chi connectivity index (χ3n) is 6.39. The van der Waals surface area contributed by atoms with E-state index >= 15 is 0 Å². The minimum absolute atomic E-state index is 0.00622. The number of hydrogen-bond acceptors (Lipinski definition) is 7. The molecule has 8 nitrogen and oxygen atoms in total. The van der Waals surface area contributed by atoms with Crippen molar-refractivity contribution in [2.24, 2.45) is 11.8 Å². The molecule has 2 amide bonds. The number of amides is 2. The third-order valence-corrected chi connectivity index (χ3v) is 7.56. The third kappa shape index (κ3) is 7.01. The SMILES string of the molecule is CCOC(=O)c1c(NC(=O)CN2CCC(C(=O)NCCCOC)CC2)sc2c1CCC(C)C2. The lowest BCUT2D eigenvalue weighted by Crippen LogP contribution is -2.43. The van der Waals surface area contributed by atoms with Crippen LogP contribution < -0.4 is 10.6 Å². The van der Waals surface area contributed by atoms with Crippen molar-refractivity contribution in [3.63, 3.8) is 0 Å². The Morgan fingerprint density at radius 1 is 1.18 bits per heavy atom. The number of carbonyl (C=O) groups is 3. The first-order valence-electron chi connectivity index (χ1n) is 12.0. The van der Waals surface area contributed by atoms with Gasteiger partial charge < -0.3 is 20.1 Å². The van der Waals surface area contributed by atoms with E-state index in [1.54, 1.807) is 14.0 Å². The predicted octanol–water partition coefficient (Wildman–Crippen LogP) is 2.85. The van der Waals surface area contributed by atoms with Crippen molar-refractivity contribution in [2.45, 2.75) is 52.4 Å². The molecule has 1 aromatic rings. The normalized spacial score (nSPS) is 19.1. The van der Waals surface area contributed by atoms with Crippen LogP contribution in [0.25, 0.3) is 0 Å². The highest BCUT2D eigenvalue weighted by molar-refractivity contribution is 7.17. The summed E-state index contributed by atoms with van der Waals surface area (Å²) in [5, 5.41) is 6.57. The van der Waals surface area contributed by atoms with Gasteiger partial charge in [-0.05, 0) is 70.0 Å².